The molecular weight excluding hydrogens is 270 g/mol. The van der Waals surface area contributed by atoms with E-state index in [1.807, 2.05) is 0 Å². The van der Waals surface area contributed by atoms with Crippen LogP contribution in [0.4, 0.5) is 0 Å². The van der Waals surface area contributed by atoms with E-state index in [1.54, 1.807) is 14.0 Å². The van der Waals surface area contributed by atoms with E-state index < -0.39 is 10.0 Å². The van der Waals surface area contributed by atoms with Crippen LogP contribution in [0, 0.1) is 6.92 Å². The lowest BCUT2D eigenvalue weighted by Gasteiger charge is -2.05. The van der Waals surface area contributed by atoms with E-state index in [0.29, 0.717) is 32.2 Å². The average Bonchev–Trinajstić information content (AvgIpc) is 2.80. The van der Waals surface area contributed by atoms with E-state index in [2.05, 4.69) is 14.7 Å². The number of unbranched alkanes of at least 4 members (excludes halogenated alkanes) is 1. The smallest absolute Gasteiger partial charge is 0.257 e. The minimum Gasteiger partial charge on any atom is -0.382 e. The molecule has 0 unspecified atom stereocenters. The molecule has 0 radical (unpaired) electrons. The quantitative estimate of drug-likeness (QED) is 0.610. The maximum Gasteiger partial charge on any atom is 0.257 e. The van der Waals surface area contributed by atoms with Gasteiger partial charge in [0.05, 0.1) is 19.4 Å². The van der Waals surface area contributed by atoms with Crippen LogP contribution in [0.15, 0.2) is 11.2 Å². The number of ether oxygens (including phenoxy) is 2. The third-order valence-electron chi connectivity index (χ3n) is 2.41. The van der Waals surface area contributed by atoms with Crippen LogP contribution in [0.25, 0.3) is 0 Å². The molecule has 0 saturated carbocycles. The maximum absolute atomic E-state index is 11.8. The number of sulfonamides is 1. The predicted octanol–water partition coefficient (Wildman–Crippen LogP) is 0.440. The molecule has 1 heterocycles. The van der Waals surface area contributed by atoms with Gasteiger partial charge in [0.25, 0.3) is 10.0 Å². The van der Waals surface area contributed by atoms with Gasteiger partial charge in [0.1, 0.15) is 5.82 Å². The van der Waals surface area contributed by atoms with Crippen molar-refractivity contribution in [3.05, 3.63) is 12.0 Å². The van der Waals surface area contributed by atoms with E-state index in [1.165, 1.54) is 6.20 Å². The molecule has 110 valence electrons. The molecule has 19 heavy (non-hydrogen) atoms. The molecule has 0 aliphatic carbocycles. The fraction of sp³-hybridized carbons (Fsp3) is 0.727. The lowest BCUT2D eigenvalue weighted by atomic mass is 10.3. The highest BCUT2D eigenvalue weighted by atomic mass is 32.2. The van der Waals surface area contributed by atoms with Crippen molar-refractivity contribution in [2.75, 3.05) is 33.5 Å². The predicted molar refractivity (Wildman–Crippen MR) is 70.4 cm³/mol. The highest BCUT2D eigenvalue weighted by molar-refractivity contribution is 7.89. The van der Waals surface area contributed by atoms with Crippen LogP contribution < -0.4 is 4.72 Å². The number of aryl methyl sites for hydroxylation is 1. The number of nitrogens with zero attached hydrogens (tertiary/aromatic N) is 1. The standard InChI is InChI=1S/C11H21N3O4S/c1-10-12-9-11(14-10)19(15,16)13-5-3-4-6-18-8-7-17-2/h9,13H,3-8H2,1-2H3,(H,12,14). The number of aromatic amines is 1. The summed E-state index contributed by atoms with van der Waals surface area (Å²) in [4.78, 5) is 6.55. The van der Waals surface area contributed by atoms with Crippen LogP contribution in [0.2, 0.25) is 0 Å². The molecule has 7 nitrogen and oxygen atoms in total. The molecule has 0 fully saturated rings. The summed E-state index contributed by atoms with van der Waals surface area (Å²) in [5.74, 6) is 0.576. The van der Waals surface area contributed by atoms with E-state index in [0.717, 1.165) is 12.8 Å². The number of nitrogens with one attached hydrogen (secondary N) is 2. The van der Waals surface area contributed by atoms with Crippen LogP contribution >= 0.6 is 0 Å². The molecule has 2 N–H and O–H groups in total. The van der Waals surface area contributed by atoms with Gasteiger partial charge in [-0.25, -0.2) is 18.1 Å². The molecule has 1 aromatic rings. The van der Waals surface area contributed by atoms with Crippen LogP contribution in [0.3, 0.4) is 0 Å². The molecule has 0 bridgehead atoms. The molecule has 0 spiro atoms. The fourth-order valence-corrected chi connectivity index (χ4v) is 2.43. The number of aromatic nitrogens is 2. The number of H-pyrrole nitrogens is 1. The number of imidazole rings is 1. The van der Waals surface area contributed by atoms with Gasteiger partial charge in [0, 0.05) is 20.3 Å². The normalized spacial score (nSPS) is 11.9. The third-order valence-corrected chi connectivity index (χ3v) is 3.78. The Morgan fingerprint density at radius 3 is 2.74 bits per heavy atom. The van der Waals surface area contributed by atoms with Gasteiger partial charge in [0.2, 0.25) is 0 Å². The summed E-state index contributed by atoms with van der Waals surface area (Å²) in [5.41, 5.74) is 0. The summed E-state index contributed by atoms with van der Waals surface area (Å²) in [6.07, 6.45) is 2.83. The Labute approximate surface area is 113 Å². The lowest BCUT2D eigenvalue weighted by molar-refractivity contribution is 0.0689. The lowest BCUT2D eigenvalue weighted by Crippen LogP contribution is -2.25. The largest absolute Gasteiger partial charge is 0.382 e. The van der Waals surface area contributed by atoms with Gasteiger partial charge in [-0.1, -0.05) is 0 Å². The summed E-state index contributed by atoms with van der Waals surface area (Å²) in [6, 6.07) is 0. The molecule has 0 atom stereocenters. The first-order valence-electron chi connectivity index (χ1n) is 6.14. The monoisotopic (exact) mass is 291 g/mol. The molecule has 0 saturated heterocycles. The van der Waals surface area contributed by atoms with Crippen molar-refractivity contribution < 1.29 is 17.9 Å². The Morgan fingerprint density at radius 2 is 2.11 bits per heavy atom. The van der Waals surface area contributed by atoms with Gasteiger partial charge >= 0.3 is 0 Å². The second-order valence-corrected chi connectivity index (χ2v) is 5.78. The summed E-state index contributed by atoms with van der Waals surface area (Å²) >= 11 is 0. The minimum atomic E-state index is -3.47. The van der Waals surface area contributed by atoms with Crippen molar-refractivity contribution in [3.63, 3.8) is 0 Å². The van der Waals surface area contributed by atoms with E-state index >= 15 is 0 Å². The zero-order valence-electron chi connectivity index (χ0n) is 11.3. The second kappa shape index (κ2) is 8.26. The maximum atomic E-state index is 11.8. The molecule has 8 heteroatoms. The molecule has 1 aromatic heterocycles. The molecule has 0 aromatic carbocycles. The Kier molecular flexibility index (Phi) is 7.00. The van der Waals surface area contributed by atoms with Crippen molar-refractivity contribution in [1.82, 2.24) is 14.7 Å². The first-order valence-corrected chi connectivity index (χ1v) is 7.62. The Hall–Kier alpha value is -0.960. The van der Waals surface area contributed by atoms with Crippen LogP contribution in [-0.4, -0.2) is 51.9 Å². The van der Waals surface area contributed by atoms with Gasteiger partial charge in [0.15, 0.2) is 5.03 Å². The third kappa shape index (κ3) is 6.15. The molecule has 0 aliphatic heterocycles. The SMILES string of the molecule is COCCOCCCCNS(=O)(=O)c1cnc(C)[nH]1. The summed E-state index contributed by atoms with van der Waals surface area (Å²) < 4.78 is 36.2. The zero-order chi connectivity index (χ0) is 14.1. The van der Waals surface area contributed by atoms with Crippen LogP contribution in [0.5, 0.6) is 0 Å². The first-order chi connectivity index (χ1) is 9.06. The fourth-order valence-electron chi connectivity index (χ4n) is 1.39. The van der Waals surface area contributed by atoms with Crippen molar-refractivity contribution in [2.24, 2.45) is 0 Å². The van der Waals surface area contributed by atoms with Crippen LogP contribution in [-0.2, 0) is 19.5 Å². The second-order valence-electron chi connectivity index (χ2n) is 4.04. The summed E-state index contributed by atoms with van der Waals surface area (Å²) in [6.45, 7) is 3.83. The Bertz CT molecular complexity index is 458. The van der Waals surface area contributed by atoms with Gasteiger partial charge in [-0.2, -0.15) is 0 Å². The van der Waals surface area contributed by atoms with Gasteiger partial charge in [-0.15, -0.1) is 0 Å². The van der Waals surface area contributed by atoms with Crippen LogP contribution in [0.1, 0.15) is 18.7 Å². The Morgan fingerprint density at radius 1 is 1.32 bits per heavy atom. The van der Waals surface area contributed by atoms with Gasteiger partial charge in [-0.05, 0) is 19.8 Å². The van der Waals surface area contributed by atoms with E-state index in [9.17, 15) is 8.42 Å². The van der Waals surface area contributed by atoms with E-state index in [4.69, 9.17) is 9.47 Å². The first kappa shape index (κ1) is 16.1. The number of hydrogen-bond acceptors (Lipinski definition) is 5. The number of rotatable bonds is 10. The van der Waals surface area contributed by atoms with Gasteiger partial charge < -0.3 is 14.5 Å². The van der Waals surface area contributed by atoms with Crippen molar-refractivity contribution in [3.8, 4) is 0 Å². The highest BCUT2D eigenvalue weighted by Crippen LogP contribution is 2.04. The van der Waals surface area contributed by atoms with E-state index in [-0.39, 0.29) is 5.03 Å². The van der Waals surface area contributed by atoms with Crippen molar-refractivity contribution in [1.29, 1.82) is 0 Å². The number of hydrogen-bond donors (Lipinski definition) is 2. The summed E-state index contributed by atoms with van der Waals surface area (Å²) in [5, 5.41) is 0.0985. The zero-order valence-corrected chi connectivity index (χ0v) is 12.1. The molecular formula is C11H21N3O4S. The van der Waals surface area contributed by atoms with Crippen molar-refractivity contribution in [2.45, 2.75) is 24.8 Å². The molecule has 0 amide bonds. The van der Waals surface area contributed by atoms with Crippen molar-refractivity contribution >= 4 is 10.0 Å². The number of methoxy groups -OCH3 is 1. The highest BCUT2D eigenvalue weighted by Gasteiger charge is 2.15. The minimum absolute atomic E-state index is 0.0985. The topological polar surface area (TPSA) is 93.3 Å². The average molecular weight is 291 g/mol. The molecule has 1 rings (SSSR count). The van der Waals surface area contributed by atoms with Gasteiger partial charge in [-0.3, -0.25) is 0 Å². The summed E-state index contributed by atoms with van der Waals surface area (Å²) in [7, 11) is -1.85. The Balaban J connectivity index is 2.15. The molecule has 0 aliphatic rings.